The third-order valence-corrected chi connectivity index (χ3v) is 3.72. The maximum absolute atomic E-state index is 13.0. The highest BCUT2D eigenvalue weighted by Crippen LogP contribution is 2.47. The van der Waals surface area contributed by atoms with Crippen molar-refractivity contribution in [1.29, 1.82) is 0 Å². The molecule has 0 aromatic carbocycles. The second-order valence-corrected chi connectivity index (χ2v) is 5.27. The van der Waals surface area contributed by atoms with Gasteiger partial charge in [-0.3, -0.25) is 0 Å². The number of hydrogen-bond donors (Lipinski definition) is 0. The minimum Gasteiger partial charge on any atom is -0.381 e. The molecular weight excluding hydrogens is 212 g/mol. The topological polar surface area (TPSA) is 12.5 Å². The number of ether oxygens (including phenoxy) is 1. The van der Waals surface area contributed by atoms with Crippen LogP contribution in [0.2, 0.25) is 0 Å². The van der Waals surface area contributed by atoms with E-state index >= 15 is 0 Å². The van der Waals surface area contributed by atoms with Gasteiger partial charge < -0.3 is 9.64 Å². The Labute approximate surface area is 95.9 Å². The van der Waals surface area contributed by atoms with Crippen molar-refractivity contribution in [1.82, 2.24) is 4.90 Å². The molecule has 0 amide bonds. The Morgan fingerprint density at radius 3 is 2.25 bits per heavy atom. The van der Waals surface area contributed by atoms with Gasteiger partial charge in [0.15, 0.2) is 0 Å². The molecule has 0 unspecified atom stereocenters. The summed E-state index contributed by atoms with van der Waals surface area (Å²) in [5, 5.41) is 0. The van der Waals surface area contributed by atoms with Gasteiger partial charge in [-0.25, -0.2) is 8.78 Å². The average Bonchev–Trinajstić information content (AvgIpc) is 2.99. The summed E-state index contributed by atoms with van der Waals surface area (Å²) in [5.41, 5.74) is 0.294. The van der Waals surface area contributed by atoms with Crippen molar-refractivity contribution in [3.05, 3.63) is 0 Å². The largest absolute Gasteiger partial charge is 0.381 e. The van der Waals surface area contributed by atoms with Crippen molar-refractivity contribution in [2.24, 2.45) is 5.41 Å². The Morgan fingerprint density at radius 2 is 1.75 bits per heavy atom. The molecule has 2 nitrogen and oxygen atoms in total. The van der Waals surface area contributed by atoms with Crippen LogP contribution in [-0.4, -0.2) is 43.7 Å². The second-order valence-electron chi connectivity index (χ2n) is 5.27. The van der Waals surface area contributed by atoms with Gasteiger partial charge in [0, 0.05) is 44.5 Å². The summed E-state index contributed by atoms with van der Waals surface area (Å²) in [4.78, 5) is 2.18. The predicted molar refractivity (Wildman–Crippen MR) is 58.8 cm³/mol. The van der Waals surface area contributed by atoms with Gasteiger partial charge in [-0.2, -0.15) is 0 Å². The molecule has 0 atom stereocenters. The quantitative estimate of drug-likeness (QED) is 0.723. The van der Waals surface area contributed by atoms with Crippen molar-refractivity contribution in [2.75, 3.05) is 32.8 Å². The molecule has 2 aliphatic rings. The molecule has 2 rings (SSSR count). The van der Waals surface area contributed by atoms with Crippen molar-refractivity contribution in [2.45, 2.75) is 38.5 Å². The zero-order chi connectivity index (χ0) is 11.6. The predicted octanol–water partition coefficient (Wildman–Crippen LogP) is 2.53. The Bertz CT molecular complexity index is 231. The van der Waals surface area contributed by atoms with Crippen LogP contribution >= 0.6 is 0 Å². The first-order valence-corrected chi connectivity index (χ1v) is 6.23. The van der Waals surface area contributed by atoms with E-state index in [-0.39, 0.29) is 12.8 Å². The van der Waals surface area contributed by atoms with Gasteiger partial charge in [-0.15, -0.1) is 0 Å². The molecule has 0 radical (unpaired) electrons. The Hall–Kier alpha value is -0.220. The molecule has 1 aliphatic carbocycles. The first-order chi connectivity index (χ1) is 7.55. The van der Waals surface area contributed by atoms with E-state index in [1.165, 1.54) is 12.8 Å². The van der Waals surface area contributed by atoms with E-state index in [1.807, 2.05) is 6.92 Å². The first-order valence-electron chi connectivity index (χ1n) is 6.23. The standard InChI is InChI=1S/C12H21F2NO/c1-2-16-10-11(3-4-11)9-15-7-5-12(13,14)6-8-15/h2-10H2,1H3. The number of likely N-dealkylation sites (tertiary alicyclic amines) is 1. The fourth-order valence-electron chi connectivity index (χ4n) is 2.36. The SMILES string of the molecule is CCOCC1(CN2CCC(F)(F)CC2)CC1. The molecule has 2 fully saturated rings. The van der Waals surface area contributed by atoms with Gasteiger partial charge in [0.05, 0.1) is 6.61 Å². The van der Waals surface area contributed by atoms with E-state index < -0.39 is 5.92 Å². The van der Waals surface area contributed by atoms with Gasteiger partial charge >= 0.3 is 0 Å². The lowest BCUT2D eigenvalue weighted by Gasteiger charge is -2.34. The normalized spacial score (nSPS) is 27.9. The highest BCUT2D eigenvalue weighted by molar-refractivity contribution is 4.96. The lowest BCUT2D eigenvalue weighted by molar-refractivity contribution is -0.0604. The summed E-state index contributed by atoms with van der Waals surface area (Å²) in [5.74, 6) is -2.42. The zero-order valence-corrected chi connectivity index (χ0v) is 9.98. The van der Waals surface area contributed by atoms with Crippen molar-refractivity contribution >= 4 is 0 Å². The molecule has 1 saturated heterocycles. The zero-order valence-electron chi connectivity index (χ0n) is 9.98. The van der Waals surface area contributed by atoms with E-state index in [2.05, 4.69) is 4.90 Å². The van der Waals surface area contributed by atoms with Crippen molar-refractivity contribution in [3.8, 4) is 0 Å². The Kier molecular flexibility index (Phi) is 3.50. The molecule has 0 aromatic rings. The van der Waals surface area contributed by atoms with Crippen LogP contribution in [0.1, 0.15) is 32.6 Å². The average molecular weight is 233 g/mol. The fourth-order valence-corrected chi connectivity index (χ4v) is 2.36. The van der Waals surface area contributed by atoms with Crippen molar-refractivity contribution < 1.29 is 13.5 Å². The number of alkyl halides is 2. The molecule has 4 heteroatoms. The van der Waals surface area contributed by atoms with Gasteiger partial charge in [-0.1, -0.05) is 0 Å². The number of nitrogens with zero attached hydrogens (tertiary/aromatic N) is 1. The fraction of sp³-hybridized carbons (Fsp3) is 1.00. The summed E-state index contributed by atoms with van der Waals surface area (Å²) < 4.78 is 31.4. The van der Waals surface area contributed by atoms with Crippen LogP contribution in [0, 0.1) is 5.41 Å². The van der Waals surface area contributed by atoms with Crippen LogP contribution in [0.25, 0.3) is 0 Å². The lowest BCUT2D eigenvalue weighted by atomic mass is 10.0. The van der Waals surface area contributed by atoms with Crippen LogP contribution in [0.5, 0.6) is 0 Å². The number of rotatable bonds is 5. The smallest absolute Gasteiger partial charge is 0.250 e. The van der Waals surface area contributed by atoms with Gasteiger partial charge in [0.2, 0.25) is 0 Å². The van der Waals surface area contributed by atoms with E-state index in [0.717, 1.165) is 19.8 Å². The molecule has 1 heterocycles. The highest BCUT2D eigenvalue weighted by Gasteiger charge is 2.45. The van der Waals surface area contributed by atoms with Crippen molar-refractivity contribution in [3.63, 3.8) is 0 Å². The maximum Gasteiger partial charge on any atom is 0.250 e. The van der Waals surface area contributed by atoms with Crippen LogP contribution in [0.3, 0.4) is 0 Å². The van der Waals surface area contributed by atoms with E-state index in [4.69, 9.17) is 4.74 Å². The molecule has 1 saturated carbocycles. The molecule has 0 aromatic heterocycles. The molecule has 16 heavy (non-hydrogen) atoms. The molecule has 94 valence electrons. The van der Waals surface area contributed by atoms with Crippen LogP contribution in [-0.2, 0) is 4.74 Å². The molecule has 0 bridgehead atoms. The summed E-state index contributed by atoms with van der Waals surface area (Å²) in [6, 6.07) is 0. The minimum atomic E-state index is -2.42. The Morgan fingerprint density at radius 1 is 1.12 bits per heavy atom. The third kappa shape index (κ3) is 3.14. The monoisotopic (exact) mass is 233 g/mol. The second kappa shape index (κ2) is 4.57. The van der Waals surface area contributed by atoms with Gasteiger partial charge in [-0.05, 0) is 19.8 Å². The summed E-state index contributed by atoms with van der Waals surface area (Å²) in [7, 11) is 0. The molecular formula is C12H21F2NO. The molecule has 1 aliphatic heterocycles. The van der Waals surface area contributed by atoms with Gasteiger partial charge in [0.1, 0.15) is 0 Å². The van der Waals surface area contributed by atoms with Crippen LogP contribution < -0.4 is 0 Å². The number of piperidine rings is 1. The van der Waals surface area contributed by atoms with E-state index in [1.54, 1.807) is 0 Å². The summed E-state index contributed by atoms with van der Waals surface area (Å²) in [6.07, 6.45) is 2.44. The maximum atomic E-state index is 13.0. The molecule has 0 spiro atoms. The first kappa shape index (κ1) is 12.2. The highest BCUT2D eigenvalue weighted by atomic mass is 19.3. The summed E-state index contributed by atoms with van der Waals surface area (Å²) >= 11 is 0. The van der Waals surface area contributed by atoms with Crippen LogP contribution in [0.4, 0.5) is 8.78 Å². The van der Waals surface area contributed by atoms with Crippen LogP contribution in [0.15, 0.2) is 0 Å². The summed E-state index contributed by atoms with van der Waals surface area (Å²) in [6.45, 7) is 5.58. The van der Waals surface area contributed by atoms with E-state index in [0.29, 0.717) is 18.5 Å². The van der Waals surface area contributed by atoms with Gasteiger partial charge in [0.25, 0.3) is 5.92 Å². The number of hydrogen-bond acceptors (Lipinski definition) is 2. The Balaban J connectivity index is 1.74. The van der Waals surface area contributed by atoms with E-state index in [9.17, 15) is 8.78 Å². The third-order valence-electron chi connectivity index (χ3n) is 3.72. The molecule has 0 N–H and O–H groups in total. The lowest BCUT2D eigenvalue weighted by Crippen LogP contribution is -2.42. The number of halogens is 2. The minimum absolute atomic E-state index is 0.0255.